The molecule has 4 fully saturated rings. The van der Waals surface area contributed by atoms with E-state index in [-0.39, 0.29) is 11.6 Å². The number of nitrogens with two attached hydrogens (primary N) is 1. The molecule has 1 spiro atoms. The van der Waals surface area contributed by atoms with Crippen LogP contribution in [0.3, 0.4) is 0 Å². The van der Waals surface area contributed by atoms with Crippen molar-refractivity contribution in [1.82, 2.24) is 20.2 Å². The molecule has 35 heavy (non-hydrogen) atoms. The number of likely N-dealkylation sites (N-methyl/N-ethyl adjacent to an activating group) is 1. The zero-order chi connectivity index (χ0) is 24.4. The van der Waals surface area contributed by atoms with Crippen molar-refractivity contribution in [1.29, 1.82) is 0 Å². The molecule has 0 radical (unpaired) electrons. The molecule has 190 valence electrons. The molecule has 0 amide bonds. The Hall–Kier alpha value is -2.52. The van der Waals surface area contributed by atoms with Gasteiger partial charge in [-0.25, -0.2) is 4.98 Å². The Kier molecular flexibility index (Phi) is 7.07. The molecule has 0 unspecified atom stereocenters. The zero-order valence-corrected chi connectivity index (χ0v) is 20.9. The normalized spacial score (nSPS) is 29.6. The number of hydrogen-bond acceptors (Lipinski definition) is 9. The van der Waals surface area contributed by atoms with Crippen LogP contribution in [-0.4, -0.2) is 78.9 Å². The molecule has 2 aliphatic carbocycles. The van der Waals surface area contributed by atoms with Gasteiger partial charge >= 0.3 is 0 Å². The minimum absolute atomic E-state index is 0.0824. The first-order valence-electron chi connectivity index (χ1n) is 13.2. The van der Waals surface area contributed by atoms with Crippen LogP contribution in [0.4, 0.5) is 5.82 Å². The number of carbonyl (C=O) groups excluding carboxylic acids is 2. The van der Waals surface area contributed by atoms with Gasteiger partial charge in [0, 0.05) is 50.3 Å². The van der Waals surface area contributed by atoms with E-state index in [2.05, 4.69) is 27.1 Å². The Balaban J connectivity index is 1.47. The summed E-state index contributed by atoms with van der Waals surface area (Å²) >= 11 is 0. The van der Waals surface area contributed by atoms with Gasteiger partial charge in [0.25, 0.3) is 0 Å². The summed E-state index contributed by atoms with van der Waals surface area (Å²) in [6, 6.07) is 2.20. The summed E-state index contributed by atoms with van der Waals surface area (Å²) in [6.45, 7) is 5.14. The second-order valence-corrected chi connectivity index (χ2v) is 10.6. The summed E-state index contributed by atoms with van der Waals surface area (Å²) in [5.74, 6) is 1.57. The molecule has 2 aliphatic heterocycles. The average Bonchev–Trinajstić information content (AvgIpc) is 3.40. The summed E-state index contributed by atoms with van der Waals surface area (Å²) in [7, 11) is 2.12. The monoisotopic (exact) mass is 482 g/mol. The van der Waals surface area contributed by atoms with Crippen LogP contribution in [-0.2, 0) is 9.59 Å². The van der Waals surface area contributed by atoms with Crippen LogP contribution >= 0.6 is 0 Å². The predicted octanol–water partition coefficient (Wildman–Crippen LogP) is 1.91. The largest absolute Gasteiger partial charge is 0.476 e. The molecule has 0 aromatic carbocycles. The van der Waals surface area contributed by atoms with Gasteiger partial charge in [0.2, 0.25) is 5.88 Å². The fourth-order valence-electron chi connectivity index (χ4n) is 5.96. The summed E-state index contributed by atoms with van der Waals surface area (Å²) in [5, 5.41) is 3.45. The van der Waals surface area contributed by atoms with Gasteiger partial charge in [0.05, 0.1) is 11.1 Å². The van der Waals surface area contributed by atoms with Crippen LogP contribution in [0, 0.1) is 5.41 Å². The number of nitrogens with one attached hydrogen (secondary N) is 1. The lowest BCUT2D eigenvalue weighted by molar-refractivity contribution is -0.143. The lowest BCUT2D eigenvalue weighted by Gasteiger charge is -2.38. The smallest absolute Gasteiger partial charge is 0.219 e. The highest BCUT2D eigenvalue weighted by atomic mass is 16.5. The highest BCUT2D eigenvalue weighted by Crippen LogP contribution is 2.45. The van der Waals surface area contributed by atoms with Crippen molar-refractivity contribution in [2.24, 2.45) is 11.1 Å². The number of ether oxygens (including phenoxy) is 1. The number of hydrogen-bond donors (Lipinski definition) is 2. The third-order valence-corrected chi connectivity index (χ3v) is 8.21. The van der Waals surface area contributed by atoms with Crippen molar-refractivity contribution < 1.29 is 14.3 Å². The number of allylic oxidation sites excluding steroid dienone is 1. The van der Waals surface area contributed by atoms with Crippen molar-refractivity contribution in [2.45, 2.75) is 63.8 Å². The van der Waals surface area contributed by atoms with Gasteiger partial charge < -0.3 is 25.6 Å². The Labute approximate surface area is 207 Å². The van der Waals surface area contributed by atoms with Gasteiger partial charge in [0.15, 0.2) is 11.6 Å². The second-order valence-electron chi connectivity index (χ2n) is 10.6. The highest BCUT2D eigenvalue weighted by molar-refractivity contribution is 6.17. The summed E-state index contributed by atoms with van der Waals surface area (Å²) < 4.78 is 6.11. The molecule has 3 N–H and O–H groups in total. The van der Waals surface area contributed by atoms with E-state index in [1.165, 1.54) is 0 Å². The fourth-order valence-corrected chi connectivity index (χ4v) is 5.96. The molecule has 9 heteroatoms. The number of ketones is 2. The van der Waals surface area contributed by atoms with E-state index in [1.54, 1.807) is 0 Å². The number of aromatic nitrogens is 2. The van der Waals surface area contributed by atoms with Crippen LogP contribution in [0.25, 0.3) is 5.70 Å². The maximum atomic E-state index is 13.7. The van der Waals surface area contributed by atoms with Gasteiger partial charge in [-0.05, 0) is 58.5 Å². The van der Waals surface area contributed by atoms with E-state index < -0.39 is 5.41 Å². The number of rotatable bonds is 5. The van der Waals surface area contributed by atoms with Crippen molar-refractivity contribution in [2.75, 3.05) is 51.3 Å². The van der Waals surface area contributed by atoms with Gasteiger partial charge in [-0.1, -0.05) is 6.42 Å². The third kappa shape index (κ3) is 4.93. The molecular formula is C26H38N6O3. The van der Waals surface area contributed by atoms with E-state index >= 15 is 0 Å². The first-order chi connectivity index (χ1) is 17.0. The Bertz CT molecular complexity index is 993. The Morgan fingerprint density at radius 2 is 1.91 bits per heavy atom. The molecule has 4 aliphatic rings. The molecule has 9 nitrogen and oxygen atoms in total. The standard InChI is InChI=1S/C26H38N6O3/c1-31-12-14-32(15-13-31)21-16-22(35-17-18-6-5-11-28-18)30-25(29-21)23(27)19-7-4-10-26(24(19)34)9-3-2-8-20(26)33/h16,18,28H,2-15,17,27H2,1H3/b23-19-/t18-,26+/m0/s1. The molecule has 0 bridgehead atoms. The Morgan fingerprint density at radius 3 is 2.66 bits per heavy atom. The minimum Gasteiger partial charge on any atom is -0.476 e. The number of anilines is 1. The van der Waals surface area contributed by atoms with Crippen molar-refractivity contribution in [3.63, 3.8) is 0 Å². The van der Waals surface area contributed by atoms with Crippen LogP contribution < -0.4 is 20.7 Å². The summed E-state index contributed by atoms with van der Waals surface area (Å²) in [4.78, 5) is 40.5. The quantitative estimate of drug-likeness (QED) is 0.480. The summed E-state index contributed by atoms with van der Waals surface area (Å²) in [5.41, 5.74) is 6.56. The van der Waals surface area contributed by atoms with E-state index in [0.717, 1.165) is 70.6 Å². The molecule has 1 aromatic rings. The number of carbonyl (C=O) groups is 2. The van der Waals surface area contributed by atoms with Crippen molar-refractivity contribution >= 4 is 23.1 Å². The van der Waals surface area contributed by atoms with Crippen LogP contribution in [0.2, 0.25) is 0 Å². The van der Waals surface area contributed by atoms with Crippen molar-refractivity contribution in [3.05, 3.63) is 17.5 Å². The molecule has 2 saturated heterocycles. The molecule has 3 heterocycles. The number of Topliss-reactive ketones (excluding diaryl/α,β-unsaturated/α-hetero) is 2. The second kappa shape index (κ2) is 10.2. The highest BCUT2D eigenvalue weighted by Gasteiger charge is 2.49. The Morgan fingerprint density at radius 1 is 1.11 bits per heavy atom. The van der Waals surface area contributed by atoms with Gasteiger partial charge in [-0.3, -0.25) is 9.59 Å². The van der Waals surface area contributed by atoms with E-state index in [4.69, 9.17) is 15.5 Å². The lowest BCUT2D eigenvalue weighted by atomic mass is 9.62. The van der Waals surface area contributed by atoms with E-state index in [1.807, 2.05) is 6.07 Å². The first kappa shape index (κ1) is 24.2. The molecule has 5 rings (SSSR count). The minimum atomic E-state index is -0.890. The van der Waals surface area contributed by atoms with Crippen molar-refractivity contribution in [3.8, 4) is 5.88 Å². The molecular weight excluding hydrogens is 444 g/mol. The zero-order valence-electron chi connectivity index (χ0n) is 20.9. The van der Waals surface area contributed by atoms with Crippen LogP contribution in [0.15, 0.2) is 11.6 Å². The third-order valence-electron chi connectivity index (χ3n) is 8.21. The first-order valence-corrected chi connectivity index (χ1v) is 13.2. The van der Waals surface area contributed by atoms with E-state index in [0.29, 0.717) is 61.3 Å². The average molecular weight is 483 g/mol. The predicted molar refractivity (Wildman–Crippen MR) is 134 cm³/mol. The van der Waals surface area contributed by atoms with Crippen LogP contribution in [0.1, 0.15) is 63.6 Å². The van der Waals surface area contributed by atoms with Gasteiger partial charge in [-0.15, -0.1) is 0 Å². The van der Waals surface area contributed by atoms with Gasteiger partial charge in [0.1, 0.15) is 18.2 Å². The number of piperazine rings is 1. The maximum absolute atomic E-state index is 13.7. The SMILES string of the molecule is CN1CCN(c2cc(OC[C@@H]3CCCN3)nc(/C(N)=C3\CCC[C@@]4(CCCCC4=O)C3=O)n2)CC1. The molecule has 2 saturated carbocycles. The topological polar surface area (TPSA) is 114 Å². The van der Waals surface area contributed by atoms with E-state index in [9.17, 15) is 9.59 Å². The maximum Gasteiger partial charge on any atom is 0.219 e. The van der Waals surface area contributed by atoms with Gasteiger partial charge in [-0.2, -0.15) is 4.98 Å². The summed E-state index contributed by atoms with van der Waals surface area (Å²) in [6.07, 6.45) is 7.10. The fraction of sp³-hybridized carbons (Fsp3) is 0.692. The van der Waals surface area contributed by atoms with Crippen LogP contribution in [0.5, 0.6) is 5.88 Å². The molecule has 1 aromatic heterocycles. The lowest BCUT2D eigenvalue weighted by Crippen LogP contribution is -2.45. The molecule has 2 atom stereocenters. The number of nitrogens with zero attached hydrogens (tertiary/aromatic N) is 4.